The minimum absolute atomic E-state index is 0.0333. The highest BCUT2D eigenvalue weighted by atomic mass is 19.1. The zero-order chi connectivity index (χ0) is 15.1. The average molecular weight is 285 g/mol. The van der Waals surface area contributed by atoms with Crippen molar-refractivity contribution in [2.45, 2.75) is 13.0 Å². The molecule has 0 fully saturated rings. The Balaban J connectivity index is 1.95. The van der Waals surface area contributed by atoms with E-state index in [9.17, 15) is 4.39 Å². The van der Waals surface area contributed by atoms with Crippen molar-refractivity contribution < 1.29 is 13.9 Å². The average Bonchev–Trinajstić information content (AvgIpc) is 2.53. The van der Waals surface area contributed by atoms with Crippen molar-refractivity contribution in [1.82, 2.24) is 0 Å². The molecule has 0 aliphatic heterocycles. The van der Waals surface area contributed by atoms with Gasteiger partial charge in [0.25, 0.3) is 0 Å². The highest BCUT2D eigenvalue weighted by Gasteiger charge is 2.03. The van der Waals surface area contributed by atoms with Crippen LogP contribution in [0.5, 0.6) is 5.75 Å². The molecule has 4 heteroatoms. The van der Waals surface area contributed by atoms with Gasteiger partial charge in [-0.1, -0.05) is 18.2 Å². The van der Waals surface area contributed by atoms with E-state index in [0.717, 1.165) is 17.7 Å². The van der Waals surface area contributed by atoms with Gasteiger partial charge in [0.2, 0.25) is 0 Å². The van der Waals surface area contributed by atoms with E-state index >= 15 is 0 Å². The fraction of sp³-hybridized carbons (Fsp3) is 0.235. The van der Waals surface area contributed by atoms with E-state index in [2.05, 4.69) is 0 Å². The van der Waals surface area contributed by atoms with Crippen LogP contribution >= 0.6 is 0 Å². The highest BCUT2D eigenvalue weighted by Crippen LogP contribution is 2.16. The van der Waals surface area contributed by atoms with Crippen LogP contribution in [0.4, 0.5) is 4.39 Å². The van der Waals surface area contributed by atoms with Gasteiger partial charge in [-0.3, -0.25) is 0 Å². The largest absolute Gasteiger partial charge is 0.489 e. The maximum atomic E-state index is 13.2. The summed E-state index contributed by atoms with van der Waals surface area (Å²) in [6.07, 6.45) is 0.861. The molecule has 0 aliphatic carbocycles. The summed E-state index contributed by atoms with van der Waals surface area (Å²) < 4.78 is 23.9. The second-order valence-corrected chi connectivity index (χ2v) is 4.60. The molecule has 21 heavy (non-hydrogen) atoms. The Kier molecular flexibility index (Phi) is 5.30. The molecule has 2 rings (SSSR count). The van der Waals surface area contributed by atoms with E-state index in [0.29, 0.717) is 13.2 Å². The number of halogens is 1. The molecule has 0 unspecified atom stereocenters. The highest BCUT2D eigenvalue weighted by molar-refractivity contribution is 5.34. The summed E-state index contributed by atoms with van der Waals surface area (Å²) in [6, 6.07) is 14.0. The molecular weight excluding hydrogens is 269 g/mol. The van der Waals surface area contributed by atoms with Crippen LogP contribution in [0.15, 0.2) is 42.5 Å². The number of hydrogen-bond acceptors (Lipinski definition) is 3. The summed E-state index contributed by atoms with van der Waals surface area (Å²) in [5.74, 6) is 0.225. The lowest BCUT2D eigenvalue weighted by atomic mass is 10.1. The van der Waals surface area contributed by atoms with Crippen LogP contribution in [-0.4, -0.2) is 13.7 Å². The van der Waals surface area contributed by atoms with Gasteiger partial charge < -0.3 is 9.47 Å². The zero-order valence-corrected chi connectivity index (χ0v) is 11.8. The first-order chi connectivity index (χ1) is 10.2. The van der Waals surface area contributed by atoms with Gasteiger partial charge in [-0.25, -0.2) is 4.39 Å². The maximum absolute atomic E-state index is 13.2. The minimum atomic E-state index is -0.510. The lowest BCUT2D eigenvalue weighted by molar-refractivity contribution is 0.202. The summed E-state index contributed by atoms with van der Waals surface area (Å²) in [4.78, 5) is 0. The van der Waals surface area contributed by atoms with Crippen molar-refractivity contribution in [3.05, 3.63) is 65.0 Å². The standard InChI is InChI=1S/C17H16FNO2/c1-20-9-8-13-2-5-16(6-3-13)21-12-14-4-7-17(18)15(10-14)11-19/h2-7,10H,8-9,12H2,1H3. The third kappa shape index (κ3) is 4.30. The molecule has 108 valence electrons. The molecule has 0 saturated heterocycles. The molecule has 3 nitrogen and oxygen atoms in total. The van der Waals surface area contributed by atoms with E-state index in [1.807, 2.05) is 30.3 Å². The number of benzene rings is 2. The van der Waals surface area contributed by atoms with Gasteiger partial charge in [0.05, 0.1) is 12.2 Å². The third-order valence-corrected chi connectivity index (χ3v) is 3.07. The van der Waals surface area contributed by atoms with Gasteiger partial charge in [-0.2, -0.15) is 5.26 Å². The Morgan fingerprint density at radius 2 is 1.81 bits per heavy atom. The van der Waals surface area contributed by atoms with E-state index in [1.165, 1.54) is 17.7 Å². The number of hydrogen-bond donors (Lipinski definition) is 0. The summed E-state index contributed by atoms with van der Waals surface area (Å²) in [6.45, 7) is 0.985. The maximum Gasteiger partial charge on any atom is 0.140 e. The van der Waals surface area contributed by atoms with E-state index in [-0.39, 0.29) is 5.56 Å². The van der Waals surface area contributed by atoms with Gasteiger partial charge in [0, 0.05) is 7.11 Å². The lowest BCUT2D eigenvalue weighted by Crippen LogP contribution is -1.98. The first-order valence-electron chi connectivity index (χ1n) is 6.62. The Morgan fingerprint density at radius 3 is 2.48 bits per heavy atom. The summed E-state index contributed by atoms with van der Waals surface area (Å²) >= 11 is 0. The number of ether oxygens (including phenoxy) is 2. The van der Waals surface area contributed by atoms with Gasteiger partial charge in [0.15, 0.2) is 0 Å². The van der Waals surface area contributed by atoms with Gasteiger partial charge in [0.1, 0.15) is 24.2 Å². The van der Waals surface area contributed by atoms with Crippen LogP contribution in [0.25, 0.3) is 0 Å². The zero-order valence-electron chi connectivity index (χ0n) is 11.8. The Morgan fingerprint density at radius 1 is 1.10 bits per heavy atom. The van der Waals surface area contributed by atoms with Gasteiger partial charge >= 0.3 is 0 Å². The number of nitriles is 1. The number of nitrogens with zero attached hydrogens (tertiary/aromatic N) is 1. The first-order valence-corrected chi connectivity index (χ1v) is 6.62. The summed E-state index contributed by atoms with van der Waals surface area (Å²) in [5, 5.41) is 8.79. The number of rotatable bonds is 6. The minimum Gasteiger partial charge on any atom is -0.489 e. The van der Waals surface area contributed by atoms with E-state index in [1.54, 1.807) is 13.2 Å². The summed E-state index contributed by atoms with van der Waals surface area (Å²) in [5.41, 5.74) is 1.97. The van der Waals surface area contributed by atoms with Crippen LogP contribution in [0.1, 0.15) is 16.7 Å². The van der Waals surface area contributed by atoms with Gasteiger partial charge in [-0.05, 0) is 41.8 Å². The quantitative estimate of drug-likeness (QED) is 0.816. The van der Waals surface area contributed by atoms with Crippen molar-refractivity contribution in [3.63, 3.8) is 0 Å². The van der Waals surface area contributed by atoms with Crippen LogP contribution in [-0.2, 0) is 17.8 Å². The normalized spacial score (nSPS) is 10.1. The second kappa shape index (κ2) is 7.41. The van der Waals surface area contributed by atoms with Crippen LogP contribution < -0.4 is 4.74 Å². The van der Waals surface area contributed by atoms with Crippen molar-refractivity contribution in [2.75, 3.05) is 13.7 Å². The monoisotopic (exact) mass is 285 g/mol. The SMILES string of the molecule is COCCc1ccc(OCc2ccc(F)c(C#N)c2)cc1. The lowest BCUT2D eigenvalue weighted by Gasteiger charge is -2.08. The molecule has 2 aromatic rings. The molecular formula is C17H16FNO2. The molecule has 0 aliphatic rings. The smallest absolute Gasteiger partial charge is 0.140 e. The topological polar surface area (TPSA) is 42.2 Å². The fourth-order valence-electron chi connectivity index (χ4n) is 1.89. The van der Waals surface area contributed by atoms with Crippen LogP contribution in [0, 0.1) is 17.1 Å². The van der Waals surface area contributed by atoms with Crippen LogP contribution in [0.3, 0.4) is 0 Å². The Bertz CT molecular complexity index is 632. The van der Waals surface area contributed by atoms with Crippen molar-refractivity contribution in [1.29, 1.82) is 5.26 Å². The first kappa shape index (κ1) is 15.0. The molecule has 0 atom stereocenters. The predicted molar refractivity (Wildman–Crippen MR) is 77.5 cm³/mol. The molecule has 0 saturated carbocycles. The molecule has 0 radical (unpaired) electrons. The second-order valence-electron chi connectivity index (χ2n) is 4.60. The molecule has 0 amide bonds. The van der Waals surface area contributed by atoms with Crippen LogP contribution in [0.2, 0.25) is 0 Å². The molecule has 0 bridgehead atoms. The van der Waals surface area contributed by atoms with Crippen molar-refractivity contribution in [3.8, 4) is 11.8 Å². The molecule has 0 heterocycles. The van der Waals surface area contributed by atoms with E-state index in [4.69, 9.17) is 14.7 Å². The van der Waals surface area contributed by atoms with Gasteiger partial charge in [-0.15, -0.1) is 0 Å². The molecule has 2 aromatic carbocycles. The number of methoxy groups -OCH3 is 1. The Labute approximate surface area is 123 Å². The van der Waals surface area contributed by atoms with E-state index < -0.39 is 5.82 Å². The molecule has 0 N–H and O–H groups in total. The Hall–Kier alpha value is -2.38. The summed E-state index contributed by atoms with van der Waals surface area (Å²) in [7, 11) is 1.68. The van der Waals surface area contributed by atoms with Crippen molar-refractivity contribution in [2.24, 2.45) is 0 Å². The third-order valence-electron chi connectivity index (χ3n) is 3.07. The predicted octanol–water partition coefficient (Wildman–Crippen LogP) is 3.47. The fourth-order valence-corrected chi connectivity index (χ4v) is 1.89. The van der Waals surface area contributed by atoms with Crippen molar-refractivity contribution >= 4 is 0 Å². The molecule has 0 aromatic heterocycles. The molecule has 0 spiro atoms.